The summed E-state index contributed by atoms with van der Waals surface area (Å²) in [5.41, 5.74) is 0. The van der Waals surface area contributed by atoms with Gasteiger partial charge in [0.25, 0.3) is 0 Å². The van der Waals surface area contributed by atoms with Gasteiger partial charge in [-0.3, -0.25) is 0 Å². The summed E-state index contributed by atoms with van der Waals surface area (Å²) >= 11 is 0. The fourth-order valence-corrected chi connectivity index (χ4v) is 0.478. The van der Waals surface area contributed by atoms with Crippen molar-refractivity contribution < 1.29 is 0 Å². The van der Waals surface area contributed by atoms with E-state index < -0.39 is 0 Å². The maximum absolute atomic E-state index is 2.18. The average molecular weight is 117 g/mol. The van der Waals surface area contributed by atoms with Crippen molar-refractivity contribution in [3.63, 3.8) is 0 Å². The molecule has 4 heteroatoms. The number of rotatable bonds is 5. The van der Waals surface area contributed by atoms with Gasteiger partial charge in [-0.2, -0.15) is 0 Å². The highest BCUT2D eigenvalue weighted by molar-refractivity contribution is 7.11. The van der Waals surface area contributed by atoms with E-state index in [0.29, 0.717) is 0 Å². The minimum Gasteiger partial charge on any atom is -0.121 e. The van der Waals surface area contributed by atoms with E-state index in [0.717, 1.165) is 12.5 Å². The molecule has 0 saturated carbocycles. The third kappa shape index (κ3) is 11.7. The number of hydrogen-bond donors (Lipinski definition) is 0. The summed E-state index contributed by atoms with van der Waals surface area (Å²) in [6, 6.07) is 0. The summed E-state index contributed by atoms with van der Waals surface area (Å²) in [7, 11) is 8.58. The van der Waals surface area contributed by atoms with Crippen LogP contribution in [0.4, 0.5) is 0 Å². The van der Waals surface area contributed by atoms with Crippen molar-refractivity contribution in [3.05, 3.63) is 0 Å². The van der Waals surface area contributed by atoms with Crippen molar-refractivity contribution >= 4 is 28.7 Å². The van der Waals surface area contributed by atoms with E-state index in [1.165, 1.54) is 0 Å². The molecule has 0 aliphatic carbocycles. The Kier molecular flexibility index (Phi) is 14.8. The molecule has 0 nitrogen and oxygen atoms in total. The normalized spacial score (nSPS) is 6.89. The van der Waals surface area contributed by atoms with Crippen molar-refractivity contribution in [2.45, 2.75) is 33.7 Å². The summed E-state index contributed by atoms with van der Waals surface area (Å²) < 4.78 is 0. The molecular formula is C5H14B4. The van der Waals surface area contributed by atoms with Crippen LogP contribution in [0.25, 0.3) is 0 Å². The van der Waals surface area contributed by atoms with Crippen molar-refractivity contribution in [2.24, 2.45) is 0 Å². The first-order chi connectivity index (χ1) is 3.91. The topological polar surface area (TPSA) is 0 Å². The van der Waals surface area contributed by atoms with E-state index in [9.17, 15) is 0 Å². The zero-order chi connectivity index (χ0) is 6.24. The first-order valence-electron chi connectivity index (χ1n) is 3.18. The standard InChI is InChI=1S/C4H10B4.CH4/c1-3-6-8-4-7-5-2;/h3-4H2,1-2H3;1H4. The van der Waals surface area contributed by atoms with Crippen LogP contribution in [0.2, 0.25) is 19.4 Å². The Hall–Kier alpha value is 0.260. The summed E-state index contributed by atoms with van der Waals surface area (Å²) in [6.45, 7) is 4.19. The van der Waals surface area contributed by atoms with Crippen molar-refractivity contribution in [1.82, 2.24) is 0 Å². The molecule has 0 aromatic rings. The van der Waals surface area contributed by atoms with E-state index in [1.54, 1.807) is 0 Å². The first-order valence-corrected chi connectivity index (χ1v) is 3.18. The molecule has 46 valence electrons. The third-order valence-electron chi connectivity index (χ3n) is 0.910. The Morgan fingerprint density at radius 3 is 2.22 bits per heavy atom. The van der Waals surface area contributed by atoms with Gasteiger partial charge in [-0.15, -0.1) is 6.22 Å². The molecule has 0 heterocycles. The van der Waals surface area contributed by atoms with E-state index >= 15 is 0 Å². The van der Waals surface area contributed by atoms with Gasteiger partial charge in [0.05, 0.1) is 28.7 Å². The molecular weight excluding hydrogens is 103 g/mol. The van der Waals surface area contributed by atoms with Crippen molar-refractivity contribution in [1.29, 1.82) is 0 Å². The van der Waals surface area contributed by atoms with Crippen LogP contribution < -0.4 is 0 Å². The van der Waals surface area contributed by atoms with Crippen LogP contribution in [0, 0.1) is 0 Å². The van der Waals surface area contributed by atoms with Crippen LogP contribution in [0.1, 0.15) is 14.4 Å². The van der Waals surface area contributed by atoms with Gasteiger partial charge in [0.1, 0.15) is 0 Å². The summed E-state index contributed by atoms with van der Waals surface area (Å²) in [6.07, 6.45) is 2.24. The molecule has 4 radical (unpaired) electrons. The van der Waals surface area contributed by atoms with E-state index in [2.05, 4.69) is 35.6 Å². The van der Waals surface area contributed by atoms with Crippen LogP contribution in [0.5, 0.6) is 0 Å². The molecule has 0 aliphatic heterocycles. The minimum atomic E-state index is 0. The Morgan fingerprint density at radius 1 is 1.11 bits per heavy atom. The molecule has 9 heavy (non-hydrogen) atoms. The minimum absolute atomic E-state index is 0. The molecule has 0 unspecified atom stereocenters. The van der Waals surface area contributed by atoms with Gasteiger partial charge in [0.15, 0.2) is 0 Å². The molecule has 0 saturated heterocycles. The van der Waals surface area contributed by atoms with E-state index in [4.69, 9.17) is 0 Å². The lowest BCUT2D eigenvalue weighted by atomic mass is 9.24. The molecule has 0 spiro atoms. The zero-order valence-corrected chi connectivity index (χ0v) is 5.72. The second-order valence-corrected chi connectivity index (χ2v) is 1.68. The predicted octanol–water partition coefficient (Wildman–Crippen LogP) is 1.13. The summed E-state index contributed by atoms with van der Waals surface area (Å²) in [5, 5.41) is 0. The summed E-state index contributed by atoms with van der Waals surface area (Å²) in [5.74, 6) is 0. The maximum Gasteiger partial charge on any atom is 0.0639 e. The van der Waals surface area contributed by atoms with Gasteiger partial charge in [0.2, 0.25) is 0 Å². The van der Waals surface area contributed by atoms with Gasteiger partial charge in [-0.1, -0.05) is 27.5 Å². The van der Waals surface area contributed by atoms with Crippen LogP contribution in [0.15, 0.2) is 0 Å². The molecule has 0 aromatic heterocycles. The Labute approximate surface area is 63.1 Å². The molecule has 0 aromatic carbocycles. The van der Waals surface area contributed by atoms with E-state index in [-0.39, 0.29) is 7.43 Å². The first kappa shape index (κ1) is 12.0. The second-order valence-electron chi connectivity index (χ2n) is 1.68. The van der Waals surface area contributed by atoms with Gasteiger partial charge >= 0.3 is 0 Å². The lowest BCUT2D eigenvalue weighted by Gasteiger charge is -1.88. The molecule has 0 amide bonds. The Bertz CT molecular complexity index is 33.9. The highest BCUT2D eigenvalue weighted by Gasteiger charge is 1.88. The zero-order valence-electron chi connectivity index (χ0n) is 5.72. The molecule has 0 atom stereocenters. The predicted molar refractivity (Wildman–Crippen MR) is 50.9 cm³/mol. The average Bonchev–Trinajstić information content (AvgIpc) is 1.81. The van der Waals surface area contributed by atoms with Gasteiger partial charge in [-0.25, -0.2) is 0 Å². The highest BCUT2D eigenvalue weighted by atomic mass is 13.3. The molecule has 0 N–H and O–H groups in total. The third-order valence-corrected chi connectivity index (χ3v) is 0.910. The molecule has 0 bridgehead atoms. The smallest absolute Gasteiger partial charge is 0.0639 e. The van der Waals surface area contributed by atoms with Crippen molar-refractivity contribution in [2.75, 3.05) is 0 Å². The largest absolute Gasteiger partial charge is 0.121 e. The summed E-state index contributed by atoms with van der Waals surface area (Å²) in [4.78, 5) is 0. The van der Waals surface area contributed by atoms with Crippen LogP contribution in [-0.4, -0.2) is 28.7 Å². The lowest BCUT2D eigenvalue weighted by Crippen LogP contribution is -2.08. The van der Waals surface area contributed by atoms with Crippen LogP contribution in [-0.2, 0) is 0 Å². The fraction of sp³-hybridized carbons (Fsp3) is 1.00. The lowest BCUT2D eigenvalue weighted by molar-refractivity contribution is 1.47. The molecule has 0 fully saturated rings. The monoisotopic (exact) mass is 118 g/mol. The van der Waals surface area contributed by atoms with Gasteiger partial charge < -0.3 is 0 Å². The fourth-order valence-electron chi connectivity index (χ4n) is 0.478. The number of hydrogen-bond acceptors (Lipinski definition) is 0. The Balaban J connectivity index is 0. The van der Waals surface area contributed by atoms with Crippen LogP contribution in [0.3, 0.4) is 0 Å². The SMILES string of the molecule is C.C[B][B]C[B][B]CC. The highest BCUT2D eigenvalue weighted by Crippen LogP contribution is 1.76. The molecule has 0 rings (SSSR count). The maximum atomic E-state index is 2.18. The Morgan fingerprint density at radius 2 is 1.78 bits per heavy atom. The van der Waals surface area contributed by atoms with Crippen molar-refractivity contribution in [3.8, 4) is 0 Å². The quantitative estimate of drug-likeness (QED) is 0.374. The second kappa shape index (κ2) is 11.1. The molecule has 0 aliphatic rings. The van der Waals surface area contributed by atoms with Gasteiger partial charge in [-0.05, 0) is 0 Å². The van der Waals surface area contributed by atoms with Gasteiger partial charge in [0, 0.05) is 0 Å². The van der Waals surface area contributed by atoms with E-state index in [1.807, 2.05) is 6.82 Å². The van der Waals surface area contributed by atoms with Crippen LogP contribution >= 0.6 is 0 Å².